The molecule has 0 amide bonds. The Kier molecular flexibility index (Phi) is 4.73. The molecule has 0 bridgehead atoms. The van der Waals surface area contributed by atoms with Gasteiger partial charge in [-0.05, 0) is 12.8 Å². The lowest BCUT2D eigenvalue weighted by atomic mass is 10.2. The second-order valence-corrected chi connectivity index (χ2v) is 2.20. The van der Waals surface area contributed by atoms with Crippen LogP contribution in [0.1, 0.15) is 26.7 Å². The van der Waals surface area contributed by atoms with Gasteiger partial charge in [-0.25, -0.2) is 0 Å². The highest BCUT2D eigenvalue weighted by Gasteiger charge is 1.95. The predicted octanol–water partition coefficient (Wildman–Crippen LogP) is 2.58. The first-order valence-corrected chi connectivity index (χ1v) is 3.27. The molecule has 0 aromatic heterocycles. The van der Waals surface area contributed by atoms with E-state index in [2.05, 4.69) is 20.3 Å². The Morgan fingerprint density at radius 2 is 2.14 bits per heavy atom. The van der Waals surface area contributed by atoms with Gasteiger partial charge in [0, 0.05) is 5.25 Å². The maximum Gasteiger partial charge on any atom is 0.0180 e. The molecule has 0 N–H and O–H groups in total. The van der Waals surface area contributed by atoms with Crippen LogP contribution in [0.25, 0.3) is 0 Å². The summed E-state index contributed by atoms with van der Waals surface area (Å²) in [6.07, 6.45) is 4.38. The third-order valence-corrected chi connectivity index (χ3v) is 1.43. The summed E-state index contributed by atoms with van der Waals surface area (Å²) in [5.74, 6) is 0. The Hall–Kier alpha value is 0.350. The Morgan fingerprint density at radius 1 is 1.57 bits per heavy atom. The van der Waals surface area contributed by atoms with Crippen LogP contribution in [0.2, 0.25) is 0 Å². The van der Waals surface area contributed by atoms with Crippen molar-refractivity contribution in [3.05, 3.63) is 6.42 Å². The van der Waals surface area contributed by atoms with Crippen molar-refractivity contribution >= 4 is 12.6 Å². The molecular formula is C6H12S. The van der Waals surface area contributed by atoms with Crippen LogP contribution in [0.3, 0.4) is 0 Å². The lowest BCUT2D eigenvalue weighted by Gasteiger charge is -1.99. The molecule has 2 radical (unpaired) electrons. The molecule has 1 heteroatoms. The molecule has 0 aromatic rings. The van der Waals surface area contributed by atoms with Crippen LogP contribution in [0.4, 0.5) is 0 Å². The molecule has 1 atom stereocenters. The van der Waals surface area contributed by atoms with Gasteiger partial charge in [0.2, 0.25) is 0 Å². The van der Waals surface area contributed by atoms with Gasteiger partial charge in [0.25, 0.3) is 0 Å². The van der Waals surface area contributed by atoms with Gasteiger partial charge in [-0.2, -0.15) is 0 Å². The fourth-order valence-electron chi connectivity index (χ4n) is 0.430. The molecule has 0 rings (SSSR count). The van der Waals surface area contributed by atoms with Crippen LogP contribution in [0.15, 0.2) is 0 Å². The molecule has 0 saturated carbocycles. The van der Waals surface area contributed by atoms with Crippen molar-refractivity contribution < 1.29 is 0 Å². The minimum absolute atomic E-state index is 0.407. The average molecular weight is 116 g/mol. The van der Waals surface area contributed by atoms with Crippen LogP contribution in [0, 0.1) is 6.42 Å². The fourth-order valence-corrected chi connectivity index (χ4v) is 0.622. The van der Waals surface area contributed by atoms with Crippen LogP contribution in [-0.4, -0.2) is 5.25 Å². The van der Waals surface area contributed by atoms with E-state index in [1.54, 1.807) is 0 Å². The van der Waals surface area contributed by atoms with Gasteiger partial charge in [0.15, 0.2) is 0 Å². The molecule has 7 heavy (non-hydrogen) atoms. The normalized spacial score (nSPS) is 14.1. The zero-order chi connectivity index (χ0) is 5.70. The van der Waals surface area contributed by atoms with Gasteiger partial charge in [0.1, 0.15) is 0 Å². The van der Waals surface area contributed by atoms with Crippen LogP contribution in [-0.2, 0) is 0 Å². The van der Waals surface area contributed by atoms with E-state index < -0.39 is 0 Å². The smallest absolute Gasteiger partial charge is 0.0180 e. The van der Waals surface area contributed by atoms with Crippen molar-refractivity contribution in [3.8, 4) is 0 Å². The molecule has 0 aliphatic carbocycles. The molecule has 0 aromatic carbocycles. The van der Waals surface area contributed by atoms with Crippen molar-refractivity contribution in [3.63, 3.8) is 0 Å². The van der Waals surface area contributed by atoms with Crippen molar-refractivity contribution in [2.24, 2.45) is 0 Å². The van der Waals surface area contributed by atoms with Gasteiger partial charge in [-0.3, -0.25) is 0 Å². The zero-order valence-corrected chi connectivity index (χ0v) is 5.79. The highest BCUT2D eigenvalue weighted by atomic mass is 32.1. The second-order valence-electron chi connectivity index (χ2n) is 1.59. The maximum absolute atomic E-state index is 4.98. The monoisotopic (exact) mass is 116 g/mol. The lowest BCUT2D eigenvalue weighted by molar-refractivity contribution is 0.875. The van der Waals surface area contributed by atoms with Crippen LogP contribution in [0.5, 0.6) is 0 Å². The van der Waals surface area contributed by atoms with E-state index in [-0.39, 0.29) is 0 Å². The summed E-state index contributed by atoms with van der Waals surface area (Å²) in [6, 6.07) is 0. The van der Waals surface area contributed by atoms with Crippen molar-refractivity contribution in [2.75, 3.05) is 0 Å². The third kappa shape index (κ3) is 4.20. The summed E-state index contributed by atoms with van der Waals surface area (Å²) in [7, 11) is 0. The average Bonchev–Trinajstić information content (AvgIpc) is 1.68. The van der Waals surface area contributed by atoms with Gasteiger partial charge in [-0.15, -0.1) is 0 Å². The predicted molar refractivity (Wildman–Crippen MR) is 36.3 cm³/mol. The SMILES string of the molecule is CC[CH]C([S])CC. The van der Waals surface area contributed by atoms with Crippen LogP contribution < -0.4 is 0 Å². The van der Waals surface area contributed by atoms with E-state index in [4.69, 9.17) is 12.6 Å². The third-order valence-electron chi connectivity index (χ3n) is 0.901. The van der Waals surface area contributed by atoms with E-state index in [1.165, 1.54) is 0 Å². The zero-order valence-electron chi connectivity index (χ0n) is 4.98. The largest absolute Gasteiger partial charge is 0.0901 e. The molecule has 0 nitrogen and oxygen atoms in total. The molecule has 0 spiro atoms. The summed E-state index contributed by atoms with van der Waals surface area (Å²) < 4.78 is 0. The molecule has 0 fully saturated rings. The molecule has 1 unspecified atom stereocenters. The highest BCUT2D eigenvalue weighted by Crippen LogP contribution is 2.05. The van der Waals surface area contributed by atoms with E-state index >= 15 is 0 Å². The summed E-state index contributed by atoms with van der Waals surface area (Å²) in [4.78, 5) is 0. The first kappa shape index (κ1) is 7.35. The summed E-state index contributed by atoms with van der Waals surface area (Å²) in [5.41, 5.74) is 0. The van der Waals surface area contributed by atoms with Gasteiger partial charge in [0.05, 0.1) is 0 Å². The second kappa shape index (κ2) is 4.51. The Labute approximate surface area is 51.7 Å². The molecular weight excluding hydrogens is 104 g/mol. The first-order chi connectivity index (χ1) is 3.31. The summed E-state index contributed by atoms with van der Waals surface area (Å²) >= 11 is 4.98. The summed E-state index contributed by atoms with van der Waals surface area (Å²) in [5, 5.41) is 0.407. The number of hydrogen-bond donors (Lipinski definition) is 0. The molecule has 0 saturated heterocycles. The first-order valence-electron chi connectivity index (χ1n) is 2.80. The van der Waals surface area contributed by atoms with Crippen molar-refractivity contribution in [2.45, 2.75) is 31.9 Å². The van der Waals surface area contributed by atoms with Gasteiger partial charge < -0.3 is 0 Å². The Morgan fingerprint density at radius 3 is 2.29 bits per heavy atom. The van der Waals surface area contributed by atoms with Gasteiger partial charge >= 0.3 is 0 Å². The lowest BCUT2D eigenvalue weighted by Crippen LogP contribution is -1.93. The Bertz CT molecular complexity index is 35.2. The minimum Gasteiger partial charge on any atom is -0.0901 e. The maximum atomic E-state index is 4.98. The topological polar surface area (TPSA) is 0 Å². The van der Waals surface area contributed by atoms with Crippen molar-refractivity contribution in [1.82, 2.24) is 0 Å². The van der Waals surface area contributed by atoms with Crippen molar-refractivity contribution in [1.29, 1.82) is 0 Å². The van der Waals surface area contributed by atoms with E-state index in [0.29, 0.717) is 5.25 Å². The van der Waals surface area contributed by atoms with E-state index in [9.17, 15) is 0 Å². The molecule has 0 aliphatic heterocycles. The Balaban J connectivity index is 2.83. The molecule has 42 valence electrons. The number of rotatable bonds is 3. The van der Waals surface area contributed by atoms with Gasteiger partial charge in [-0.1, -0.05) is 32.9 Å². The van der Waals surface area contributed by atoms with E-state index in [1.807, 2.05) is 0 Å². The quantitative estimate of drug-likeness (QED) is 0.531. The molecule has 0 aliphatic rings. The van der Waals surface area contributed by atoms with E-state index in [0.717, 1.165) is 12.8 Å². The molecule has 0 heterocycles. The standard InChI is InChI=1S/C6H12S/c1-3-5-6(7)4-2/h5-6H,3-4H2,1-2H3. The highest BCUT2D eigenvalue weighted by molar-refractivity contribution is 7.81. The summed E-state index contributed by atoms with van der Waals surface area (Å²) in [6.45, 7) is 4.23. The number of hydrogen-bond acceptors (Lipinski definition) is 0. The fraction of sp³-hybridized carbons (Fsp3) is 0.833. The van der Waals surface area contributed by atoms with Crippen LogP contribution >= 0.6 is 12.6 Å². The minimum atomic E-state index is 0.407.